The van der Waals surface area contributed by atoms with Crippen LogP contribution in [0.2, 0.25) is 0 Å². The van der Waals surface area contributed by atoms with Gasteiger partial charge in [0.1, 0.15) is 5.75 Å². The molecule has 2 N–H and O–H groups in total. The second-order valence-electron chi connectivity index (χ2n) is 4.40. The third-order valence-corrected chi connectivity index (χ3v) is 3.10. The van der Waals surface area contributed by atoms with Crippen LogP contribution in [0.25, 0.3) is 0 Å². The van der Waals surface area contributed by atoms with Crippen LogP contribution in [0.3, 0.4) is 0 Å². The fourth-order valence-electron chi connectivity index (χ4n) is 1.93. The summed E-state index contributed by atoms with van der Waals surface area (Å²) in [5, 5.41) is 11.9. The molecule has 0 aromatic heterocycles. The minimum atomic E-state index is -0.800. The summed E-state index contributed by atoms with van der Waals surface area (Å²) < 4.78 is 0. The molecule has 1 heterocycles. The van der Waals surface area contributed by atoms with E-state index < -0.39 is 11.8 Å². The Labute approximate surface area is 115 Å². The van der Waals surface area contributed by atoms with Gasteiger partial charge in [-0.25, -0.2) is 0 Å². The van der Waals surface area contributed by atoms with Crippen LogP contribution in [-0.4, -0.2) is 59.3 Å². The van der Waals surface area contributed by atoms with Crippen LogP contribution in [0.5, 0.6) is 5.75 Å². The summed E-state index contributed by atoms with van der Waals surface area (Å²) in [5.74, 6) is -1.57. The molecule has 1 aromatic carbocycles. The largest absolute Gasteiger partial charge is 0.506 e. The van der Waals surface area contributed by atoms with Gasteiger partial charge in [-0.15, -0.1) is 0 Å². The fraction of sp³-hybridized carbons (Fsp3) is 0.308. The third-order valence-electron chi connectivity index (χ3n) is 3.10. The molecular weight excluding hydrogens is 262 g/mol. The van der Waals surface area contributed by atoms with E-state index >= 15 is 0 Å². The molecule has 0 aliphatic carbocycles. The number of hydrogen-bond acceptors (Lipinski definition) is 4. The van der Waals surface area contributed by atoms with E-state index in [9.17, 15) is 19.5 Å². The number of nitrogens with one attached hydrogen (secondary N) is 1. The Balaban J connectivity index is 1.94. The lowest BCUT2D eigenvalue weighted by molar-refractivity contribution is -0.144. The fourth-order valence-corrected chi connectivity index (χ4v) is 1.93. The number of benzene rings is 1. The zero-order chi connectivity index (χ0) is 14.5. The molecule has 2 rings (SSSR count). The number of aromatic hydroxyl groups is 1. The van der Waals surface area contributed by atoms with Gasteiger partial charge >= 0.3 is 11.8 Å². The van der Waals surface area contributed by atoms with Gasteiger partial charge in [0.25, 0.3) is 0 Å². The Kier molecular flexibility index (Phi) is 4.19. The van der Waals surface area contributed by atoms with E-state index in [1.807, 2.05) is 0 Å². The second kappa shape index (κ2) is 6.05. The second-order valence-corrected chi connectivity index (χ2v) is 4.40. The van der Waals surface area contributed by atoms with E-state index in [1.54, 1.807) is 17.0 Å². The van der Waals surface area contributed by atoms with Crippen molar-refractivity contribution < 1.29 is 19.5 Å². The standard InChI is InChI=1S/C13H15N3O4/c17-9-15-5-7-16(8-6-15)13(20)12(19)14-10-3-1-2-4-11(10)18/h1-4,9,18H,5-8H2,(H,14,19). The van der Waals surface area contributed by atoms with Crippen LogP contribution in [0.4, 0.5) is 5.69 Å². The molecular formula is C13H15N3O4. The molecule has 7 nitrogen and oxygen atoms in total. The first kappa shape index (κ1) is 13.9. The molecule has 1 fully saturated rings. The Hall–Kier alpha value is -2.57. The maximum absolute atomic E-state index is 11.9. The van der Waals surface area contributed by atoms with E-state index in [0.717, 1.165) is 6.41 Å². The number of nitrogens with zero attached hydrogens (tertiary/aromatic N) is 2. The molecule has 7 heteroatoms. The van der Waals surface area contributed by atoms with E-state index in [-0.39, 0.29) is 11.4 Å². The van der Waals surface area contributed by atoms with Gasteiger partial charge < -0.3 is 20.2 Å². The summed E-state index contributed by atoms with van der Waals surface area (Å²) in [5.41, 5.74) is 0.192. The SMILES string of the molecule is O=CN1CCN(C(=O)C(=O)Nc2ccccc2O)CC1. The summed E-state index contributed by atoms with van der Waals surface area (Å²) in [4.78, 5) is 37.2. The van der Waals surface area contributed by atoms with Gasteiger partial charge in [0.05, 0.1) is 5.69 Å². The number of piperazine rings is 1. The number of carbonyl (C=O) groups excluding carboxylic acids is 3. The Morgan fingerprint density at radius 2 is 1.80 bits per heavy atom. The van der Waals surface area contributed by atoms with Crippen molar-refractivity contribution in [3.05, 3.63) is 24.3 Å². The summed E-state index contributed by atoms with van der Waals surface area (Å²) in [6.45, 7) is 1.48. The van der Waals surface area contributed by atoms with Crippen molar-refractivity contribution in [2.75, 3.05) is 31.5 Å². The van der Waals surface area contributed by atoms with Crippen LogP contribution in [0, 0.1) is 0 Å². The summed E-state index contributed by atoms with van der Waals surface area (Å²) in [7, 11) is 0. The number of phenolic OH excluding ortho intramolecular Hbond substituents is 1. The monoisotopic (exact) mass is 277 g/mol. The summed E-state index contributed by atoms with van der Waals surface area (Å²) in [6.07, 6.45) is 0.726. The van der Waals surface area contributed by atoms with Gasteiger partial charge in [-0.1, -0.05) is 12.1 Å². The lowest BCUT2D eigenvalue weighted by Crippen LogP contribution is -2.51. The van der Waals surface area contributed by atoms with E-state index in [1.165, 1.54) is 17.0 Å². The van der Waals surface area contributed by atoms with Gasteiger partial charge in [0, 0.05) is 26.2 Å². The molecule has 0 radical (unpaired) electrons. The predicted octanol–water partition coefficient (Wildman–Crippen LogP) is -0.369. The smallest absolute Gasteiger partial charge is 0.314 e. The van der Waals surface area contributed by atoms with E-state index in [4.69, 9.17) is 0 Å². The number of rotatable bonds is 2. The van der Waals surface area contributed by atoms with Crippen LogP contribution in [0.15, 0.2) is 24.3 Å². The highest BCUT2D eigenvalue weighted by Crippen LogP contribution is 2.21. The predicted molar refractivity (Wildman–Crippen MR) is 71.0 cm³/mol. The molecule has 0 bridgehead atoms. The minimum Gasteiger partial charge on any atom is -0.506 e. The van der Waals surface area contributed by atoms with Gasteiger partial charge in [0.2, 0.25) is 6.41 Å². The average molecular weight is 277 g/mol. The summed E-state index contributed by atoms with van der Waals surface area (Å²) >= 11 is 0. The van der Waals surface area contributed by atoms with Crippen LogP contribution in [-0.2, 0) is 14.4 Å². The number of amides is 3. The Bertz CT molecular complexity index is 524. The zero-order valence-electron chi connectivity index (χ0n) is 10.8. The first-order valence-electron chi connectivity index (χ1n) is 6.19. The quantitative estimate of drug-likeness (QED) is 0.438. The normalized spacial score (nSPS) is 14.8. The molecule has 106 valence electrons. The van der Waals surface area contributed by atoms with E-state index in [2.05, 4.69) is 5.32 Å². The van der Waals surface area contributed by atoms with Crippen molar-refractivity contribution in [3.8, 4) is 5.75 Å². The molecule has 0 saturated carbocycles. The number of carbonyl (C=O) groups is 3. The van der Waals surface area contributed by atoms with Crippen LogP contribution < -0.4 is 5.32 Å². The molecule has 1 saturated heterocycles. The van der Waals surface area contributed by atoms with Crippen molar-refractivity contribution in [1.29, 1.82) is 0 Å². The number of para-hydroxylation sites is 2. The third kappa shape index (κ3) is 3.05. The molecule has 20 heavy (non-hydrogen) atoms. The first-order valence-corrected chi connectivity index (χ1v) is 6.19. The van der Waals surface area contributed by atoms with Crippen molar-refractivity contribution in [3.63, 3.8) is 0 Å². The maximum atomic E-state index is 11.9. The highest BCUT2D eigenvalue weighted by Gasteiger charge is 2.25. The Morgan fingerprint density at radius 3 is 2.40 bits per heavy atom. The molecule has 1 aliphatic heterocycles. The average Bonchev–Trinajstić information content (AvgIpc) is 2.49. The lowest BCUT2D eigenvalue weighted by Gasteiger charge is -2.31. The van der Waals surface area contributed by atoms with E-state index in [0.29, 0.717) is 26.2 Å². The van der Waals surface area contributed by atoms with Crippen molar-refractivity contribution in [2.45, 2.75) is 0 Å². The number of phenols is 1. The minimum absolute atomic E-state index is 0.0978. The van der Waals surface area contributed by atoms with Crippen molar-refractivity contribution in [2.24, 2.45) is 0 Å². The molecule has 3 amide bonds. The van der Waals surface area contributed by atoms with Gasteiger partial charge in [-0.3, -0.25) is 14.4 Å². The molecule has 1 aliphatic rings. The van der Waals surface area contributed by atoms with Gasteiger partial charge in [-0.05, 0) is 12.1 Å². The maximum Gasteiger partial charge on any atom is 0.314 e. The van der Waals surface area contributed by atoms with Crippen LogP contribution in [0.1, 0.15) is 0 Å². The van der Waals surface area contributed by atoms with Crippen LogP contribution >= 0.6 is 0 Å². The number of hydrogen-bond donors (Lipinski definition) is 2. The highest BCUT2D eigenvalue weighted by molar-refractivity contribution is 6.39. The molecule has 1 aromatic rings. The van der Waals surface area contributed by atoms with Gasteiger partial charge in [-0.2, -0.15) is 0 Å². The van der Waals surface area contributed by atoms with Crippen molar-refractivity contribution in [1.82, 2.24) is 9.80 Å². The van der Waals surface area contributed by atoms with Crippen molar-refractivity contribution >= 4 is 23.9 Å². The Morgan fingerprint density at radius 1 is 1.15 bits per heavy atom. The highest BCUT2D eigenvalue weighted by atomic mass is 16.3. The molecule has 0 atom stereocenters. The zero-order valence-corrected chi connectivity index (χ0v) is 10.8. The van der Waals surface area contributed by atoms with Gasteiger partial charge in [0.15, 0.2) is 0 Å². The number of anilines is 1. The lowest BCUT2D eigenvalue weighted by atomic mass is 10.2. The topological polar surface area (TPSA) is 90.0 Å². The summed E-state index contributed by atoms with van der Waals surface area (Å²) in [6, 6.07) is 6.18. The first-order chi connectivity index (χ1) is 9.61. The molecule has 0 unspecified atom stereocenters. The molecule has 0 spiro atoms.